The lowest BCUT2D eigenvalue weighted by atomic mass is 10.0. The summed E-state index contributed by atoms with van der Waals surface area (Å²) in [5.74, 6) is -0.653. The molecular weight excluding hydrogens is 456 g/mol. The fraction of sp³-hybridized carbons (Fsp3) is 0.971. The van der Waals surface area contributed by atoms with E-state index < -0.39 is 5.97 Å². The van der Waals surface area contributed by atoms with Crippen LogP contribution < -0.4 is 0 Å². The average molecular weight is 527 g/mol. The van der Waals surface area contributed by atoms with Gasteiger partial charge in [0, 0.05) is 19.6 Å². The number of unbranched alkanes of at least 4 members (excludes halogenated alkanes) is 24. The van der Waals surface area contributed by atoms with Gasteiger partial charge in [0.15, 0.2) is 0 Å². The van der Waals surface area contributed by atoms with E-state index in [0.717, 1.165) is 26.1 Å². The second kappa shape index (κ2) is 37.6. The molecule has 0 unspecified atom stereocenters. The standard InChI is InChI=1S/C18H36O2.C16H34O/c1-2-3-4-5-6-7-8-9-10-11-12-13-14-15-16-17-18(19)20;1-3-5-7-9-10-11-12-14-16-17-15-13-8-6-4-2/h2-17H2,1H3,(H,19,20);3-16H2,1-2H3. The molecule has 0 aliphatic rings. The van der Waals surface area contributed by atoms with Crippen LogP contribution in [0.5, 0.6) is 0 Å². The quantitative estimate of drug-likeness (QED) is 0.0946. The smallest absolute Gasteiger partial charge is 0.303 e. The summed E-state index contributed by atoms with van der Waals surface area (Å²) in [5.41, 5.74) is 0. The Hall–Kier alpha value is -0.570. The van der Waals surface area contributed by atoms with Crippen LogP contribution in [-0.4, -0.2) is 24.3 Å². The van der Waals surface area contributed by atoms with E-state index in [0.29, 0.717) is 6.42 Å². The molecular formula is C34H70O3. The maximum atomic E-state index is 10.3. The first-order valence-electron chi connectivity index (χ1n) is 17.0. The highest BCUT2D eigenvalue weighted by atomic mass is 16.5. The first kappa shape index (κ1) is 38.6. The van der Waals surface area contributed by atoms with Gasteiger partial charge in [-0.05, 0) is 19.3 Å². The van der Waals surface area contributed by atoms with E-state index in [1.807, 2.05) is 0 Å². The first-order valence-corrected chi connectivity index (χ1v) is 17.0. The highest BCUT2D eigenvalue weighted by molar-refractivity contribution is 5.66. The molecule has 0 aromatic heterocycles. The third-order valence-electron chi connectivity index (χ3n) is 7.28. The van der Waals surface area contributed by atoms with Crippen molar-refractivity contribution in [1.82, 2.24) is 0 Å². The molecule has 224 valence electrons. The van der Waals surface area contributed by atoms with Gasteiger partial charge >= 0.3 is 5.97 Å². The molecule has 0 heterocycles. The minimum absolute atomic E-state index is 0.345. The molecule has 1 N–H and O–H groups in total. The molecule has 0 bridgehead atoms. The number of ether oxygens (including phenoxy) is 1. The normalized spacial score (nSPS) is 10.9. The van der Waals surface area contributed by atoms with Gasteiger partial charge in [-0.3, -0.25) is 4.79 Å². The van der Waals surface area contributed by atoms with Crippen LogP contribution in [0.2, 0.25) is 0 Å². The maximum absolute atomic E-state index is 10.3. The molecule has 0 spiro atoms. The van der Waals surface area contributed by atoms with Gasteiger partial charge in [-0.15, -0.1) is 0 Å². The minimum atomic E-state index is -0.653. The highest BCUT2D eigenvalue weighted by Gasteiger charge is 1.97. The van der Waals surface area contributed by atoms with E-state index in [1.165, 1.54) is 161 Å². The Kier molecular flexibility index (Phi) is 39.2. The van der Waals surface area contributed by atoms with Crippen molar-refractivity contribution in [2.75, 3.05) is 13.2 Å². The zero-order valence-corrected chi connectivity index (χ0v) is 26.0. The van der Waals surface area contributed by atoms with Crippen LogP contribution in [-0.2, 0) is 9.53 Å². The molecule has 0 radical (unpaired) electrons. The van der Waals surface area contributed by atoms with E-state index in [-0.39, 0.29) is 0 Å². The number of carbonyl (C=O) groups is 1. The van der Waals surface area contributed by atoms with Crippen LogP contribution in [0.3, 0.4) is 0 Å². The summed E-state index contributed by atoms with van der Waals surface area (Å²) in [6.07, 6.45) is 36.6. The number of carboxylic acids is 1. The van der Waals surface area contributed by atoms with Crippen molar-refractivity contribution < 1.29 is 14.6 Å². The lowest BCUT2D eigenvalue weighted by molar-refractivity contribution is -0.137. The summed E-state index contributed by atoms with van der Waals surface area (Å²) in [7, 11) is 0. The molecule has 3 heteroatoms. The van der Waals surface area contributed by atoms with Crippen LogP contribution in [0, 0.1) is 0 Å². The third-order valence-corrected chi connectivity index (χ3v) is 7.28. The lowest BCUT2D eigenvalue weighted by Gasteiger charge is -2.04. The molecule has 0 aromatic carbocycles. The van der Waals surface area contributed by atoms with Gasteiger partial charge in [0.1, 0.15) is 0 Å². The van der Waals surface area contributed by atoms with E-state index >= 15 is 0 Å². The molecule has 0 fully saturated rings. The van der Waals surface area contributed by atoms with Gasteiger partial charge in [-0.25, -0.2) is 0 Å². The average Bonchev–Trinajstić information content (AvgIpc) is 2.89. The summed E-state index contributed by atoms with van der Waals surface area (Å²) >= 11 is 0. The van der Waals surface area contributed by atoms with E-state index in [2.05, 4.69) is 20.8 Å². The summed E-state index contributed by atoms with van der Waals surface area (Å²) in [5, 5.41) is 8.52. The van der Waals surface area contributed by atoms with Crippen molar-refractivity contribution in [3.8, 4) is 0 Å². The van der Waals surface area contributed by atoms with Crippen LogP contribution in [0.1, 0.15) is 201 Å². The predicted molar refractivity (Wildman–Crippen MR) is 165 cm³/mol. The Morgan fingerprint density at radius 3 is 0.946 bits per heavy atom. The molecule has 0 amide bonds. The summed E-state index contributed by atoms with van der Waals surface area (Å²) in [6, 6.07) is 0. The molecule has 0 saturated carbocycles. The minimum Gasteiger partial charge on any atom is -0.481 e. The molecule has 37 heavy (non-hydrogen) atoms. The zero-order chi connectivity index (χ0) is 27.5. The van der Waals surface area contributed by atoms with Crippen molar-refractivity contribution in [1.29, 1.82) is 0 Å². The van der Waals surface area contributed by atoms with Gasteiger partial charge in [-0.1, -0.05) is 175 Å². The fourth-order valence-electron chi connectivity index (χ4n) is 4.72. The van der Waals surface area contributed by atoms with Gasteiger partial charge in [0.05, 0.1) is 0 Å². The number of carboxylic acid groups (broad SMARTS) is 1. The Balaban J connectivity index is 0. The maximum Gasteiger partial charge on any atom is 0.303 e. The van der Waals surface area contributed by atoms with Crippen molar-refractivity contribution in [2.24, 2.45) is 0 Å². The highest BCUT2D eigenvalue weighted by Crippen LogP contribution is 2.13. The summed E-state index contributed by atoms with van der Waals surface area (Å²) in [6.45, 7) is 8.77. The van der Waals surface area contributed by atoms with Gasteiger partial charge in [0.2, 0.25) is 0 Å². The largest absolute Gasteiger partial charge is 0.481 e. The topological polar surface area (TPSA) is 46.5 Å². The molecule has 0 rings (SSSR count). The SMILES string of the molecule is CCCCCCCCCCCCCCCCCC(=O)O.CCCCCCCCCCOCCCCCC. The zero-order valence-electron chi connectivity index (χ0n) is 26.0. The molecule has 0 aromatic rings. The monoisotopic (exact) mass is 527 g/mol. The van der Waals surface area contributed by atoms with Crippen molar-refractivity contribution in [3.05, 3.63) is 0 Å². The molecule has 0 aliphatic heterocycles. The third kappa shape index (κ3) is 42.8. The van der Waals surface area contributed by atoms with Crippen LogP contribution >= 0.6 is 0 Å². The summed E-state index contributed by atoms with van der Waals surface area (Å²) in [4.78, 5) is 10.3. The van der Waals surface area contributed by atoms with E-state index in [9.17, 15) is 4.79 Å². The Morgan fingerprint density at radius 2 is 0.649 bits per heavy atom. The van der Waals surface area contributed by atoms with Crippen molar-refractivity contribution in [2.45, 2.75) is 201 Å². The van der Waals surface area contributed by atoms with Gasteiger partial charge in [-0.2, -0.15) is 0 Å². The van der Waals surface area contributed by atoms with Crippen molar-refractivity contribution >= 4 is 5.97 Å². The predicted octanol–water partition coefficient (Wildman–Crippen LogP) is 12.1. The number of hydrogen-bond donors (Lipinski definition) is 1. The first-order chi connectivity index (χ1) is 18.2. The van der Waals surface area contributed by atoms with E-state index in [1.54, 1.807) is 0 Å². The molecule has 3 nitrogen and oxygen atoms in total. The number of aliphatic carboxylic acids is 1. The van der Waals surface area contributed by atoms with Crippen LogP contribution in [0.25, 0.3) is 0 Å². The van der Waals surface area contributed by atoms with Crippen LogP contribution in [0.4, 0.5) is 0 Å². The lowest BCUT2D eigenvalue weighted by Crippen LogP contribution is -1.97. The van der Waals surface area contributed by atoms with Crippen LogP contribution in [0.15, 0.2) is 0 Å². The molecule has 0 atom stereocenters. The Morgan fingerprint density at radius 1 is 0.405 bits per heavy atom. The second-order valence-electron chi connectivity index (χ2n) is 11.2. The Bertz CT molecular complexity index is 383. The summed E-state index contributed by atoms with van der Waals surface area (Å²) < 4.78 is 5.63. The van der Waals surface area contributed by atoms with Crippen molar-refractivity contribution in [3.63, 3.8) is 0 Å². The van der Waals surface area contributed by atoms with Gasteiger partial charge in [0.25, 0.3) is 0 Å². The molecule has 0 saturated heterocycles. The Labute approximate surface area is 234 Å². The molecule has 0 aliphatic carbocycles. The van der Waals surface area contributed by atoms with E-state index in [4.69, 9.17) is 9.84 Å². The number of hydrogen-bond acceptors (Lipinski definition) is 2. The van der Waals surface area contributed by atoms with Gasteiger partial charge < -0.3 is 9.84 Å². The number of rotatable bonds is 30. The second-order valence-corrected chi connectivity index (χ2v) is 11.2. The fourth-order valence-corrected chi connectivity index (χ4v) is 4.72.